The maximum atomic E-state index is 13.9. The van der Waals surface area contributed by atoms with E-state index in [1.54, 1.807) is 23.1 Å². The molecule has 0 saturated heterocycles. The minimum atomic E-state index is -0.960. The van der Waals surface area contributed by atoms with Crippen molar-refractivity contribution in [3.05, 3.63) is 71.0 Å². The summed E-state index contributed by atoms with van der Waals surface area (Å²) in [4.78, 5) is 26.1. The lowest BCUT2D eigenvalue weighted by molar-refractivity contribution is -0.132. The molecule has 0 heterocycles. The molecule has 0 aliphatic heterocycles. The topological polar surface area (TPSA) is 49.4 Å². The number of benzene rings is 2. The van der Waals surface area contributed by atoms with E-state index in [1.807, 2.05) is 0 Å². The van der Waals surface area contributed by atoms with Crippen LogP contribution < -0.4 is 5.32 Å². The second kappa shape index (κ2) is 8.24. The molecular formula is C20H19F3N2O2. The third-order valence-corrected chi connectivity index (χ3v) is 4.41. The predicted molar refractivity (Wildman–Crippen MR) is 93.3 cm³/mol. The first-order valence-electron chi connectivity index (χ1n) is 8.72. The van der Waals surface area contributed by atoms with Crippen LogP contribution in [-0.2, 0) is 11.3 Å². The molecule has 2 aromatic rings. The fraction of sp³-hybridized carbons (Fsp3) is 0.300. The molecule has 2 amide bonds. The molecule has 142 valence electrons. The Hall–Kier alpha value is -2.83. The number of nitrogens with one attached hydrogen (secondary N) is 1. The molecule has 27 heavy (non-hydrogen) atoms. The molecule has 0 aromatic heterocycles. The molecule has 7 heteroatoms. The smallest absolute Gasteiger partial charge is 0.254 e. The van der Waals surface area contributed by atoms with Gasteiger partial charge in [-0.15, -0.1) is 0 Å². The highest BCUT2D eigenvalue weighted by Crippen LogP contribution is 2.29. The summed E-state index contributed by atoms with van der Waals surface area (Å²) in [5, 5.41) is 2.46. The van der Waals surface area contributed by atoms with E-state index in [2.05, 4.69) is 5.32 Å². The quantitative estimate of drug-likeness (QED) is 0.805. The first-order valence-corrected chi connectivity index (χ1v) is 8.72. The molecule has 1 aliphatic rings. The van der Waals surface area contributed by atoms with E-state index in [9.17, 15) is 22.8 Å². The molecule has 0 radical (unpaired) electrons. The maximum Gasteiger partial charge on any atom is 0.254 e. The van der Waals surface area contributed by atoms with Gasteiger partial charge in [0.15, 0.2) is 0 Å². The zero-order chi connectivity index (χ0) is 19.4. The van der Waals surface area contributed by atoms with Crippen molar-refractivity contribution >= 4 is 11.8 Å². The molecular weight excluding hydrogens is 357 g/mol. The third-order valence-electron chi connectivity index (χ3n) is 4.41. The van der Waals surface area contributed by atoms with Gasteiger partial charge in [0, 0.05) is 37.2 Å². The number of halogens is 3. The van der Waals surface area contributed by atoms with Gasteiger partial charge in [0.2, 0.25) is 5.91 Å². The van der Waals surface area contributed by atoms with E-state index in [0.717, 1.165) is 25.0 Å². The second-order valence-corrected chi connectivity index (χ2v) is 6.47. The Bertz CT molecular complexity index is 853. The van der Waals surface area contributed by atoms with Gasteiger partial charge in [-0.3, -0.25) is 9.59 Å². The summed E-state index contributed by atoms with van der Waals surface area (Å²) in [6.07, 6.45) is 1.75. The van der Waals surface area contributed by atoms with Crippen LogP contribution in [0.15, 0.2) is 42.5 Å². The SMILES string of the molecule is O=C(NCCC(=O)N(Cc1ccccc1F)C1CC1)c1ccc(F)cc1F. The lowest BCUT2D eigenvalue weighted by Gasteiger charge is -2.23. The summed E-state index contributed by atoms with van der Waals surface area (Å²) in [7, 11) is 0. The van der Waals surface area contributed by atoms with Crippen molar-refractivity contribution in [2.45, 2.75) is 31.8 Å². The van der Waals surface area contributed by atoms with Gasteiger partial charge in [-0.2, -0.15) is 0 Å². The van der Waals surface area contributed by atoms with Crippen molar-refractivity contribution in [2.24, 2.45) is 0 Å². The number of hydrogen-bond donors (Lipinski definition) is 1. The van der Waals surface area contributed by atoms with Crippen molar-refractivity contribution in [3.8, 4) is 0 Å². The maximum absolute atomic E-state index is 13.9. The summed E-state index contributed by atoms with van der Waals surface area (Å²) < 4.78 is 40.3. The largest absolute Gasteiger partial charge is 0.351 e. The molecule has 0 unspecified atom stereocenters. The average molecular weight is 376 g/mol. The molecule has 1 aliphatic carbocycles. The van der Waals surface area contributed by atoms with E-state index in [-0.39, 0.29) is 42.8 Å². The zero-order valence-corrected chi connectivity index (χ0v) is 14.6. The molecule has 4 nitrogen and oxygen atoms in total. The molecule has 0 bridgehead atoms. The molecule has 0 spiro atoms. The van der Waals surface area contributed by atoms with Crippen LogP contribution in [0.1, 0.15) is 35.2 Å². The minimum absolute atomic E-state index is 0.00890. The first kappa shape index (κ1) is 18.9. The van der Waals surface area contributed by atoms with E-state index in [0.29, 0.717) is 11.6 Å². The number of nitrogens with zero attached hydrogens (tertiary/aromatic N) is 1. The van der Waals surface area contributed by atoms with Gasteiger partial charge in [-0.25, -0.2) is 13.2 Å². The molecule has 1 fully saturated rings. The highest BCUT2D eigenvalue weighted by Gasteiger charge is 2.32. The predicted octanol–water partition coefficient (Wildman–Crippen LogP) is 3.42. The summed E-state index contributed by atoms with van der Waals surface area (Å²) in [5.41, 5.74) is 0.157. The Morgan fingerprint density at radius 3 is 2.44 bits per heavy atom. The fourth-order valence-electron chi connectivity index (χ4n) is 2.81. The Morgan fingerprint density at radius 1 is 1.04 bits per heavy atom. The number of carbonyl (C=O) groups excluding carboxylic acids is 2. The van der Waals surface area contributed by atoms with E-state index in [4.69, 9.17) is 0 Å². The van der Waals surface area contributed by atoms with Crippen molar-refractivity contribution in [1.29, 1.82) is 0 Å². The van der Waals surface area contributed by atoms with Crippen LogP contribution in [0.5, 0.6) is 0 Å². The van der Waals surface area contributed by atoms with Crippen LogP contribution in [0, 0.1) is 17.5 Å². The molecule has 2 aromatic carbocycles. The number of carbonyl (C=O) groups is 2. The van der Waals surface area contributed by atoms with Gasteiger partial charge in [0.25, 0.3) is 5.91 Å². The normalized spacial score (nSPS) is 13.3. The minimum Gasteiger partial charge on any atom is -0.351 e. The van der Waals surface area contributed by atoms with Crippen LogP contribution in [0.4, 0.5) is 13.2 Å². The number of hydrogen-bond acceptors (Lipinski definition) is 2. The monoisotopic (exact) mass is 376 g/mol. The van der Waals surface area contributed by atoms with Gasteiger partial charge in [0.1, 0.15) is 17.5 Å². The Labute approximate surface area is 155 Å². The van der Waals surface area contributed by atoms with Gasteiger partial charge < -0.3 is 10.2 Å². The second-order valence-electron chi connectivity index (χ2n) is 6.47. The van der Waals surface area contributed by atoms with Crippen molar-refractivity contribution in [3.63, 3.8) is 0 Å². The standard InChI is InChI=1S/C20H19F3N2O2/c21-14-5-8-16(18(23)11-14)20(27)24-10-9-19(26)25(15-6-7-15)12-13-3-1-2-4-17(13)22/h1-5,8,11,15H,6-7,9-10,12H2,(H,24,27). The van der Waals surface area contributed by atoms with Crippen LogP contribution in [0.3, 0.4) is 0 Å². The third kappa shape index (κ3) is 4.87. The molecule has 3 rings (SSSR count). The molecule has 0 atom stereocenters. The van der Waals surface area contributed by atoms with Gasteiger partial charge in [-0.05, 0) is 31.0 Å². The van der Waals surface area contributed by atoms with Crippen LogP contribution in [0.2, 0.25) is 0 Å². The van der Waals surface area contributed by atoms with Crippen molar-refractivity contribution in [1.82, 2.24) is 10.2 Å². The Balaban J connectivity index is 1.55. The van der Waals surface area contributed by atoms with Crippen LogP contribution in [0.25, 0.3) is 0 Å². The van der Waals surface area contributed by atoms with Crippen molar-refractivity contribution < 1.29 is 22.8 Å². The van der Waals surface area contributed by atoms with Gasteiger partial charge >= 0.3 is 0 Å². The summed E-state index contributed by atoms with van der Waals surface area (Å²) in [6.45, 7) is 0.186. The summed E-state index contributed by atoms with van der Waals surface area (Å²) in [6, 6.07) is 9.05. The van der Waals surface area contributed by atoms with Gasteiger partial charge in [0.05, 0.1) is 5.56 Å². The first-order chi connectivity index (χ1) is 13.0. The van der Waals surface area contributed by atoms with E-state index < -0.39 is 17.5 Å². The fourth-order valence-corrected chi connectivity index (χ4v) is 2.81. The van der Waals surface area contributed by atoms with Crippen LogP contribution >= 0.6 is 0 Å². The van der Waals surface area contributed by atoms with Crippen molar-refractivity contribution in [2.75, 3.05) is 6.54 Å². The molecule has 1 saturated carbocycles. The lowest BCUT2D eigenvalue weighted by atomic mass is 10.2. The number of amides is 2. The Morgan fingerprint density at radius 2 is 1.78 bits per heavy atom. The van der Waals surface area contributed by atoms with E-state index in [1.165, 1.54) is 6.07 Å². The number of rotatable bonds is 7. The summed E-state index contributed by atoms with van der Waals surface area (Å²) in [5.74, 6) is -3.02. The average Bonchev–Trinajstić information content (AvgIpc) is 3.45. The highest BCUT2D eigenvalue weighted by molar-refractivity contribution is 5.94. The van der Waals surface area contributed by atoms with Gasteiger partial charge in [-0.1, -0.05) is 18.2 Å². The Kier molecular flexibility index (Phi) is 5.78. The highest BCUT2D eigenvalue weighted by atomic mass is 19.1. The summed E-state index contributed by atoms with van der Waals surface area (Å²) >= 11 is 0. The van der Waals surface area contributed by atoms with Crippen LogP contribution in [-0.4, -0.2) is 29.3 Å². The zero-order valence-electron chi connectivity index (χ0n) is 14.6. The lowest BCUT2D eigenvalue weighted by Crippen LogP contribution is -2.36. The van der Waals surface area contributed by atoms with E-state index >= 15 is 0 Å². The molecule has 1 N–H and O–H groups in total.